The van der Waals surface area contributed by atoms with E-state index in [2.05, 4.69) is 23.1 Å². The van der Waals surface area contributed by atoms with Crippen LogP contribution in [0.4, 0.5) is 0 Å². The number of carbonyl (C=O) groups excluding carboxylic acids is 1. The Bertz CT molecular complexity index is 1270. The van der Waals surface area contributed by atoms with Gasteiger partial charge in [0.25, 0.3) is 0 Å². The molecule has 194 valence electrons. The van der Waals surface area contributed by atoms with Crippen LogP contribution in [0, 0.1) is 11.8 Å². The summed E-state index contributed by atoms with van der Waals surface area (Å²) in [5.41, 5.74) is 0.784. The molecule has 1 amide bonds. The highest BCUT2D eigenvalue weighted by Crippen LogP contribution is 2.51. The fourth-order valence-electron chi connectivity index (χ4n) is 6.88. The number of fused-ring (bicyclic) bond motifs is 5. The van der Waals surface area contributed by atoms with Gasteiger partial charge in [0.15, 0.2) is 0 Å². The van der Waals surface area contributed by atoms with Crippen LogP contribution >= 0.6 is 23.1 Å². The fraction of sp³-hybridized carbons (Fsp3) is 0.640. The molecule has 0 saturated carbocycles. The molecule has 36 heavy (non-hydrogen) atoms. The van der Waals surface area contributed by atoms with E-state index in [1.54, 1.807) is 18.3 Å². The number of quaternary nitrogens is 2. The summed E-state index contributed by atoms with van der Waals surface area (Å²) in [6.07, 6.45) is 3.26. The minimum absolute atomic E-state index is 0.0777. The monoisotopic (exact) mass is 534 g/mol. The molecule has 4 atom stereocenters. The van der Waals surface area contributed by atoms with Gasteiger partial charge in [-0.1, -0.05) is 30.0 Å². The number of imidazole rings is 1. The Labute approximate surface area is 219 Å². The first-order valence-electron chi connectivity index (χ1n) is 12.8. The first kappa shape index (κ1) is 24.4. The number of aromatic nitrogens is 2. The number of aliphatic hydroxyl groups is 1. The van der Waals surface area contributed by atoms with Crippen molar-refractivity contribution in [1.29, 1.82) is 0 Å². The first-order chi connectivity index (χ1) is 17.0. The summed E-state index contributed by atoms with van der Waals surface area (Å²) >= 11 is 3.49. The van der Waals surface area contributed by atoms with E-state index in [0.717, 1.165) is 15.5 Å². The Morgan fingerprint density at radius 1 is 1.28 bits per heavy atom. The molecule has 2 N–H and O–H groups in total. The zero-order chi connectivity index (χ0) is 25.6. The van der Waals surface area contributed by atoms with E-state index in [-0.39, 0.29) is 23.6 Å². The third-order valence-corrected chi connectivity index (χ3v) is 11.7. The number of hydrogen-bond acceptors (Lipinski definition) is 5. The van der Waals surface area contributed by atoms with Gasteiger partial charge in [-0.05, 0) is 6.92 Å². The highest BCUT2D eigenvalue weighted by atomic mass is 32.2. The van der Waals surface area contributed by atoms with Crippen LogP contribution in [0.15, 0.2) is 23.2 Å². The standard InChI is InChI=1S/C25H35N5O4S2/c1-15-18(21(25(33)34)28-20(15)19(16(2)31)22(28)32)17-13-27-14-26(3)23(24(27)36-17)35-12-11-30-8-5-29(4,6-9-30)7-10-30/h13-16,19-20,31H,5-12H2,1-4H3/q+2/p+1/t15-,16+,19+,20+,29?,30?/m0/s1. The van der Waals surface area contributed by atoms with E-state index in [1.807, 2.05) is 31.2 Å². The average Bonchev–Trinajstić information content (AvgIpc) is 3.42. The Balaban J connectivity index is 1.26. The van der Waals surface area contributed by atoms with Crippen molar-refractivity contribution in [2.75, 3.05) is 58.6 Å². The SMILES string of the molecule is C[C@@H](O)[C@H]1C(=O)N2C(C(=O)O)=C(c3cn4c[n+](C)c(SCC[N+]56CC[N+](C)(CC5)CC6)c4s3)[C@H](C)[C@H]12. The third-order valence-electron chi connectivity index (χ3n) is 9.29. The van der Waals surface area contributed by atoms with Crippen molar-refractivity contribution < 1.29 is 33.3 Å². The van der Waals surface area contributed by atoms with Crippen LogP contribution in [0.2, 0.25) is 0 Å². The topological polar surface area (TPSA) is 86.1 Å². The van der Waals surface area contributed by atoms with Crippen LogP contribution in [0.25, 0.3) is 10.4 Å². The number of carboxylic acid groups (broad SMARTS) is 1. The van der Waals surface area contributed by atoms with Crippen LogP contribution in [0.5, 0.6) is 0 Å². The number of amides is 1. The highest BCUT2D eigenvalue weighted by molar-refractivity contribution is 7.99. The van der Waals surface area contributed by atoms with Gasteiger partial charge in [-0.3, -0.25) is 4.79 Å². The lowest BCUT2D eigenvalue weighted by Crippen LogP contribution is -2.74. The van der Waals surface area contributed by atoms with E-state index in [1.165, 1.54) is 64.7 Å². The number of β-lactam (4-membered cyclic amide) rings is 1. The van der Waals surface area contributed by atoms with Gasteiger partial charge in [-0.15, -0.1) is 0 Å². The Hall–Kier alpha value is -1.92. The van der Waals surface area contributed by atoms with Crippen molar-refractivity contribution >= 4 is 45.4 Å². The van der Waals surface area contributed by atoms with Crippen LogP contribution in [-0.2, 0) is 16.6 Å². The maximum absolute atomic E-state index is 12.7. The number of rotatable bonds is 7. The van der Waals surface area contributed by atoms with E-state index in [0.29, 0.717) is 5.57 Å². The van der Waals surface area contributed by atoms with Gasteiger partial charge in [-0.2, -0.15) is 4.40 Å². The van der Waals surface area contributed by atoms with Crippen LogP contribution < -0.4 is 4.57 Å². The maximum atomic E-state index is 12.7. The van der Waals surface area contributed by atoms with Crippen molar-refractivity contribution in [2.45, 2.75) is 31.0 Å². The first-order valence-corrected chi connectivity index (χ1v) is 14.6. The van der Waals surface area contributed by atoms with Gasteiger partial charge in [0.1, 0.15) is 51.2 Å². The van der Waals surface area contributed by atoms with Crippen LogP contribution in [0.1, 0.15) is 18.7 Å². The van der Waals surface area contributed by atoms with Crippen molar-refractivity contribution in [3.63, 3.8) is 0 Å². The summed E-state index contributed by atoms with van der Waals surface area (Å²) in [5, 5.41) is 21.4. The number of piperazine rings is 3. The number of carboxylic acids is 1. The normalized spacial score (nSPS) is 34.4. The molecule has 5 aliphatic rings. The zero-order valence-electron chi connectivity index (χ0n) is 21.4. The van der Waals surface area contributed by atoms with Gasteiger partial charge in [0.2, 0.25) is 22.1 Å². The number of carbonyl (C=O) groups is 2. The Morgan fingerprint density at radius 3 is 2.56 bits per heavy atom. The molecule has 0 unspecified atom stereocenters. The van der Waals surface area contributed by atoms with Crippen molar-refractivity contribution in [3.05, 3.63) is 23.1 Å². The lowest BCUT2D eigenvalue weighted by Gasteiger charge is -2.54. The minimum Gasteiger partial charge on any atom is -0.477 e. The quantitative estimate of drug-likeness (QED) is 0.238. The molecule has 4 saturated heterocycles. The molecule has 7 heterocycles. The Morgan fingerprint density at radius 2 is 1.94 bits per heavy atom. The zero-order valence-corrected chi connectivity index (χ0v) is 23.0. The van der Waals surface area contributed by atoms with Crippen LogP contribution in [0.3, 0.4) is 0 Å². The number of thioether (sulfide) groups is 1. The molecular formula is C25H36N5O4S2+3. The molecule has 0 spiro atoms. The predicted octanol–water partition coefficient (Wildman–Crippen LogP) is 0.861. The smallest absolute Gasteiger partial charge is 0.352 e. The molecule has 0 radical (unpaired) electrons. The third kappa shape index (κ3) is 3.50. The number of likely N-dealkylation sites (N-methyl/N-ethyl adjacent to an activating group) is 1. The van der Waals surface area contributed by atoms with Gasteiger partial charge in [-0.25, -0.2) is 9.36 Å². The van der Waals surface area contributed by atoms with Gasteiger partial charge < -0.3 is 24.1 Å². The second-order valence-electron chi connectivity index (χ2n) is 11.5. The predicted molar refractivity (Wildman–Crippen MR) is 137 cm³/mol. The van der Waals surface area contributed by atoms with E-state index >= 15 is 0 Å². The van der Waals surface area contributed by atoms with E-state index < -0.39 is 18.0 Å². The highest BCUT2D eigenvalue weighted by Gasteiger charge is 2.60. The van der Waals surface area contributed by atoms with E-state index in [4.69, 9.17) is 0 Å². The lowest BCUT2D eigenvalue weighted by atomic mass is 9.77. The molecule has 0 aliphatic carbocycles. The molecule has 7 rings (SSSR count). The van der Waals surface area contributed by atoms with Gasteiger partial charge >= 0.3 is 5.97 Å². The molecule has 2 bridgehead atoms. The lowest BCUT2D eigenvalue weighted by molar-refractivity contribution is -1.07. The maximum Gasteiger partial charge on any atom is 0.352 e. The molecule has 9 nitrogen and oxygen atoms in total. The molecular weight excluding hydrogens is 498 g/mol. The summed E-state index contributed by atoms with van der Waals surface area (Å²) in [5.74, 6) is -1.01. The van der Waals surface area contributed by atoms with Crippen molar-refractivity contribution in [1.82, 2.24) is 9.30 Å². The van der Waals surface area contributed by atoms with E-state index in [9.17, 15) is 19.8 Å². The minimum atomic E-state index is -1.08. The fourth-order valence-corrected chi connectivity index (χ4v) is 9.54. The molecule has 4 fully saturated rings. The second-order valence-corrected chi connectivity index (χ2v) is 13.6. The molecule has 0 aromatic carbocycles. The molecule has 5 aliphatic heterocycles. The van der Waals surface area contributed by atoms with Gasteiger partial charge in [0, 0.05) is 11.5 Å². The summed E-state index contributed by atoms with van der Waals surface area (Å²) in [6, 6.07) is -0.298. The number of hydrogen-bond donors (Lipinski definition) is 2. The summed E-state index contributed by atoms with van der Waals surface area (Å²) in [6.45, 7) is 12.5. The van der Waals surface area contributed by atoms with Crippen molar-refractivity contribution in [3.8, 4) is 0 Å². The van der Waals surface area contributed by atoms with Gasteiger partial charge in [0.05, 0.1) is 49.3 Å². The number of thiazole rings is 1. The Kier molecular flexibility index (Phi) is 5.62. The second kappa shape index (κ2) is 8.29. The molecule has 2 aromatic heterocycles. The number of aryl methyl sites for hydroxylation is 1. The average molecular weight is 535 g/mol. The summed E-state index contributed by atoms with van der Waals surface area (Å²) in [4.78, 5) is 28.4. The van der Waals surface area contributed by atoms with Crippen molar-refractivity contribution in [2.24, 2.45) is 18.9 Å². The largest absolute Gasteiger partial charge is 0.477 e. The summed E-state index contributed by atoms with van der Waals surface area (Å²) in [7, 11) is 4.46. The molecule has 11 heteroatoms. The number of nitrogens with zero attached hydrogens (tertiary/aromatic N) is 5. The molecule has 2 aromatic rings. The number of aliphatic carboxylic acids is 1. The number of aliphatic hydroxyl groups excluding tert-OH is 1. The van der Waals surface area contributed by atoms with Crippen LogP contribution in [-0.4, -0.2) is 111 Å². The summed E-state index contributed by atoms with van der Waals surface area (Å²) < 4.78 is 6.74.